The van der Waals surface area contributed by atoms with E-state index in [2.05, 4.69) is 5.10 Å². The monoisotopic (exact) mass is 336 g/mol. The van der Waals surface area contributed by atoms with Gasteiger partial charge in [0, 0.05) is 11.4 Å². The number of nitrogen functional groups attached to an aromatic ring is 1. The van der Waals surface area contributed by atoms with Crippen LogP contribution in [-0.2, 0) is 6.42 Å². The van der Waals surface area contributed by atoms with Gasteiger partial charge in [0.05, 0.1) is 5.69 Å². The standard InChI is InChI=1S/C18H13ClN4O/c19-13-6-8-14(9-7-13)23-18(21)15(11-20)17(22-23)16(24)10-12-4-2-1-3-5-12/h1-9H,10,21H2. The Morgan fingerprint density at radius 1 is 1.17 bits per heavy atom. The SMILES string of the molecule is N#Cc1c(C(=O)Cc2ccccc2)nn(-c2ccc(Cl)cc2)c1N. The molecule has 5 nitrogen and oxygen atoms in total. The van der Waals surface area contributed by atoms with Gasteiger partial charge in [-0.15, -0.1) is 0 Å². The number of aromatic nitrogens is 2. The summed E-state index contributed by atoms with van der Waals surface area (Å²) in [5, 5.41) is 14.2. The summed E-state index contributed by atoms with van der Waals surface area (Å²) in [6.45, 7) is 0. The maximum Gasteiger partial charge on any atom is 0.188 e. The zero-order valence-electron chi connectivity index (χ0n) is 12.6. The fraction of sp³-hybridized carbons (Fsp3) is 0.0556. The molecule has 0 aliphatic carbocycles. The van der Waals surface area contributed by atoms with Crippen LogP contribution in [0.1, 0.15) is 21.6 Å². The highest BCUT2D eigenvalue weighted by Gasteiger charge is 2.22. The predicted molar refractivity (Wildman–Crippen MR) is 92.2 cm³/mol. The second-order valence-electron chi connectivity index (χ2n) is 5.19. The van der Waals surface area contributed by atoms with E-state index < -0.39 is 0 Å². The number of carbonyl (C=O) groups excluding carboxylic acids is 1. The normalized spacial score (nSPS) is 10.3. The molecule has 0 saturated carbocycles. The minimum atomic E-state index is -0.253. The molecule has 118 valence electrons. The average molecular weight is 337 g/mol. The summed E-state index contributed by atoms with van der Waals surface area (Å²) in [5.74, 6) is -0.117. The zero-order valence-corrected chi connectivity index (χ0v) is 13.4. The summed E-state index contributed by atoms with van der Waals surface area (Å²) in [7, 11) is 0. The largest absolute Gasteiger partial charge is 0.382 e. The molecule has 3 aromatic rings. The van der Waals surface area contributed by atoms with Crippen LogP contribution >= 0.6 is 11.6 Å². The van der Waals surface area contributed by atoms with Crippen LogP contribution in [0.4, 0.5) is 5.82 Å². The molecule has 0 spiro atoms. The van der Waals surface area contributed by atoms with Crippen molar-refractivity contribution in [2.45, 2.75) is 6.42 Å². The lowest BCUT2D eigenvalue weighted by molar-refractivity contribution is 0.0987. The van der Waals surface area contributed by atoms with Gasteiger partial charge < -0.3 is 5.73 Å². The highest BCUT2D eigenvalue weighted by Crippen LogP contribution is 2.23. The molecule has 0 bridgehead atoms. The van der Waals surface area contributed by atoms with Gasteiger partial charge in [-0.3, -0.25) is 4.79 Å². The number of hydrogen-bond donors (Lipinski definition) is 1. The summed E-state index contributed by atoms with van der Waals surface area (Å²) in [6.07, 6.45) is 0.159. The molecule has 0 atom stereocenters. The fourth-order valence-corrected chi connectivity index (χ4v) is 2.51. The van der Waals surface area contributed by atoms with Gasteiger partial charge in [0.2, 0.25) is 0 Å². The van der Waals surface area contributed by atoms with E-state index in [1.807, 2.05) is 36.4 Å². The van der Waals surface area contributed by atoms with Crippen LogP contribution < -0.4 is 5.73 Å². The van der Waals surface area contributed by atoms with Gasteiger partial charge >= 0.3 is 0 Å². The first kappa shape index (κ1) is 15.8. The lowest BCUT2D eigenvalue weighted by Gasteiger charge is -2.03. The molecular weight excluding hydrogens is 324 g/mol. The number of ketones is 1. The number of nitrogens with zero attached hydrogens (tertiary/aromatic N) is 3. The number of carbonyl (C=O) groups is 1. The van der Waals surface area contributed by atoms with Crippen molar-refractivity contribution in [2.75, 3.05) is 5.73 Å². The summed E-state index contributed by atoms with van der Waals surface area (Å²) in [4.78, 5) is 12.5. The molecule has 0 aliphatic heterocycles. The first-order chi connectivity index (χ1) is 11.6. The van der Waals surface area contributed by atoms with Gasteiger partial charge in [0.25, 0.3) is 0 Å². The second-order valence-corrected chi connectivity index (χ2v) is 5.63. The highest BCUT2D eigenvalue weighted by atomic mass is 35.5. The molecule has 2 aromatic carbocycles. The first-order valence-electron chi connectivity index (χ1n) is 7.22. The van der Waals surface area contributed by atoms with E-state index in [1.165, 1.54) is 4.68 Å². The molecular formula is C18H13ClN4O. The number of rotatable bonds is 4. The molecule has 24 heavy (non-hydrogen) atoms. The number of anilines is 1. The van der Waals surface area contributed by atoms with Crippen molar-refractivity contribution in [3.63, 3.8) is 0 Å². The van der Waals surface area contributed by atoms with E-state index in [9.17, 15) is 10.1 Å². The maximum atomic E-state index is 12.5. The lowest BCUT2D eigenvalue weighted by Crippen LogP contribution is -2.07. The maximum absolute atomic E-state index is 12.5. The number of halogens is 1. The average Bonchev–Trinajstić information content (AvgIpc) is 2.93. The van der Waals surface area contributed by atoms with Gasteiger partial charge in [-0.1, -0.05) is 41.9 Å². The molecule has 2 N–H and O–H groups in total. The van der Waals surface area contributed by atoms with Gasteiger partial charge in [-0.2, -0.15) is 10.4 Å². The van der Waals surface area contributed by atoms with E-state index in [0.717, 1.165) is 5.56 Å². The number of nitriles is 1. The third-order valence-electron chi connectivity index (χ3n) is 3.58. The highest BCUT2D eigenvalue weighted by molar-refractivity contribution is 6.30. The molecule has 3 rings (SSSR count). The van der Waals surface area contributed by atoms with Crippen LogP contribution in [0.3, 0.4) is 0 Å². The fourth-order valence-electron chi connectivity index (χ4n) is 2.38. The van der Waals surface area contributed by atoms with Gasteiger partial charge in [-0.25, -0.2) is 4.68 Å². The van der Waals surface area contributed by atoms with E-state index in [4.69, 9.17) is 17.3 Å². The Labute approximate surface area is 143 Å². The third-order valence-corrected chi connectivity index (χ3v) is 3.83. The van der Waals surface area contributed by atoms with E-state index >= 15 is 0 Å². The second kappa shape index (κ2) is 6.57. The summed E-state index contributed by atoms with van der Waals surface area (Å²) < 4.78 is 1.38. The molecule has 0 aliphatic rings. The van der Waals surface area contributed by atoms with Crippen molar-refractivity contribution in [1.29, 1.82) is 5.26 Å². The van der Waals surface area contributed by atoms with E-state index in [1.54, 1.807) is 24.3 Å². The van der Waals surface area contributed by atoms with Crippen LogP contribution in [-0.4, -0.2) is 15.6 Å². The van der Waals surface area contributed by atoms with Crippen molar-refractivity contribution in [3.05, 3.63) is 76.4 Å². The van der Waals surface area contributed by atoms with E-state index in [0.29, 0.717) is 10.7 Å². The number of hydrogen-bond acceptors (Lipinski definition) is 4. The van der Waals surface area contributed by atoms with Crippen LogP contribution in [0.2, 0.25) is 5.02 Å². The number of benzene rings is 2. The third kappa shape index (κ3) is 3.00. The Bertz CT molecular complexity index is 924. The first-order valence-corrected chi connectivity index (χ1v) is 7.59. The molecule has 6 heteroatoms. The smallest absolute Gasteiger partial charge is 0.188 e. The molecule has 0 amide bonds. The summed E-state index contributed by atoms with van der Waals surface area (Å²) in [5.41, 5.74) is 7.66. The van der Waals surface area contributed by atoms with Gasteiger partial charge in [0.15, 0.2) is 5.78 Å². The Morgan fingerprint density at radius 2 is 1.83 bits per heavy atom. The van der Waals surface area contributed by atoms with Crippen molar-refractivity contribution in [2.24, 2.45) is 0 Å². The van der Waals surface area contributed by atoms with Crippen LogP contribution in [0.15, 0.2) is 54.6 Å². The Morgan fingerprint density at radius 3 is 2.46 bits per heavy atom. The van der Waals surface area contributed by atoms with Crippen LogP contribution in [0, 0.1) is 11.3 Å². The zero-order chi connectivity index (χ0) is 17.1. The number of Topliss-reactive ketones (excluding diaryl/α,β-unsaturated/α-hetero) is 1. The van der Waals surface area contributed by atoms with Crippen molar-refractivity contribution in [1.82, 2.24) is 9.78 Å². The minimum absolute atomic E-state index is 0.0776. The van der Waals surface area contributed by atoms with Crippen LogP contribution in [0.5, 0.6) is 0 Å². The number of nitrogens with two attached hydrogens (primary N) is 1. The van der Waals surface area contributed by atoms with Crippen molar-refractivity contribution >= 4 is 23.2 Å². The van der Waals surface area contributed by atoms with Gasteiger partial charge in [0.1, 0.15) is 23.1 Å². The molecule has 0 radical (unpaired) electrons. The predicted octanol–water partition coefficient (Wildman–Crippen LogP) is 3.40. The quantitative estimate of drug-likeness (QED) is 0.740. The molecule has 0 unspecified atom stereocenters. The van der Waals surface area contributed by atoms with Crippen molar-refractivity contribution in [3.8, 4) is 11.8 Å². The Balaban J connectivity index is 1.99. The van der Waals surface area contributed by atoms with Crippen LogP contribution in [0.25, 0.3) is 5.69 Å². The Kier molecular flexibility index (Phi) is 4.32. The minimum Gasteiger partial charge on any atom is -0.382 e. The molecule has 0 fully saturated rings. The van der Waals surface area contributed by atoms with Crippen molar-refractivity contribution < 1.29 is 4.79 Å². The van der Waals surface area contributed by atoms with E-state index in [-0.39, 0.29) is 29.3 Å². The molecule has 0 saturated heterocycles. The molecule has 1 aromatic heterocycles. The summed E-state index contributed by atoms with van der Waals surface area (Å²) >= 11 is 5.88. The topological polar surface area (TPSA) is 84.7 Å². The summed E-state index contributed by atoms with van der Waals surface area (Å²) in [6, 6.07) is 18.1. The molecule has 1 heterocycles. The lowest BCUT2D eigenvalue weighted by atomic mass is 10.1. The Hall–Kier alpha value is -3.10. The van der Waals surface area contributed by atoms with Gasteiger partial charge in [-0.05, 0) is 29.8 Å².